The monoisotopic (exact) mass is 566 g/mol. The molecule has 200 valence electrons. The van der Waals surface area contributed by atoms with Gasteiger partial charge in [-0.1, -0.05) is 40.9 Å². The van der Waals surface area contributed by atoms with E-state index < -0.39 is 5.97 Å². The Kier molecular flexibility index (Phi) is 9.11. The van der Waals surface area contributed by atoms with Gasteiger partial charge in [0.05, 0.1) is 23.3 Å². The first-order chi connectivity index (χ1) is 17.6. The Morgan fingerprint density at radius 1 is 1.05 bits per heavy atom. The largest absolute Gasteiger partial charge is 0.480 e. The minimum Gasteiger partial charge on any atom is -0.480 e. The number of rotatable bonds is 8. The molecule has 7 nitrogen and oxygen atoms in total. The van der Waals surface area contributed by atoms with Crippen LogP contribution in [0.2, 0.25) is 15.1 Å². The number of carbonyl (C=O) groups is 2. The number of amides is 1. The molecular weight excluding hydrogens is 535 g/mol. The number of likely N-dealkylation sites (tertiary alicyclic amines) is 1. The van der Waals surface area contributed by atoms with Gasteiger partial charge in [-0.25, -0.2) is 0 Å². The van der Waals surface area contributed by atoms with Crippen molar-refractivity contribution < 1.29 is 14.7 Å². The molecule has 2 atom stereocenters. The molecule has 2 heterocycles. The number of carbonyl (C=O) groups excluding carboxylic acids is 1. The second-order valence-corrected chi connectivity index (χ2v) is 11.2. The molecule has 0 aliphatic carbocycles. The lowest BCUT2D eigenvalue weighted by atomic mass is 9.94. The number of hydrogen-bond donors (Lipinski definition) is 2. The third-order valence-electron chi connectivity index (χ3n) is 7.46. The van der Waals surface area contributed by atoms with Crippen LogP contribution in [0, 0.1) is 5.92 Å². The highest BCUT2D eigenvalue weighted by Gasteiger charge is 2.34. The molecule has 0 aromatic heterocycles. The maximum atomic E-state index is 13.2. The van der Waals surface area contributed by atoms with Gasteiger partial charge >= 0.3 is 5.97 Å². The minimum atomic E-state index is -0.828. The summed E-state index contributed by atoms with van der Waals surface area (Å²) in [6, 6.07) is 11.4. The van der Waals surface area contributed by atoms with Gasteiger partial charge in [0.25, 0.3) is 0 Å². The first kappa shape index (κ1) is 27.8. The number of aliphatic carboxylic acids is 1. The van der Waals surface area contributed by atoms with E-state index in [1.807, 2.05) is 54.1 Å². The highest BCUT2D eigenvalue weighted by Crippen LogP contribution is 2.34. The maximum absolute atomic E-state index is 13.2. The second kappa shape index (κ2) is 12.1. The lowest BCUT2D eigenvalue weighted by Crippen LogP contribution is -2.46. The van der Waals surface area contributed by atoms with Gasteiger partial charge in [-0.2, -0.15) is 0 Å². The smallest absolute Gasteiger partial charge is 0.317 e. The van der Waals surface area contributed by atoms with Crippen molar-refractivity contribution in [1.82, 2.24) is 9.80 Å². The van der Waals surface area contributed by atoms with Gasteiger partial charge in [0.2, 0.25) is 5.91 Å². The van der Waals surface area contributed by atoms with Crippen LogP contribution in [-0.2, 0) is 9.59 Å². The van der Waals surface area contributed by atoms with Gasteiger partial charge in [-0.05, 0) is 62.1 Å². The molecule has 1 amide bonds. The van der Waals surface area contributed by atoms with Crippen molar-refractivity contribution >= 4 is 58.1 Å². The molecule has 10 heteroatoms. The first-order valence-corrected chi connectivity index (χ1v) is 13.7. The van der Waals surface area contributed by atoms with E-state index in [9.17, 15) is 9.59 Å². The van der Waals surface area contributed by atoms with Crippen LogP contribution >= 0.6 is 34.8 Å². The summed E-state index contributed by atoms with van der Waals surface area (Å²) >= 11 is 18.9. The molecule has 0 radical (unpaired) electrons. The van der Waals surface area contributed by atoms with Crippen LogP contribution in [0.25, 0.3) is 0 Å². The standard InChI is InChI=1S/C27H33Cl3N4O3/c1-17(22-5-3-19(28)13-24(22)30)31-25-14-20(4-6-23(25)29)34-11-7-18(8-12-34)27(37)32(2)21-9-10-33(15-21)16-26(35)36/h3-6,13-14,17-18,21,31H,7-12,15-16H2,1-2H3,(H,35,36). The van der Waals surface area contributed by atoms with Crippen LogP contribution in [-0.4, -0.2) is 72.6 Å². The number of carboxylic acids is 1. The first-order valence-electron chi connectivity index (χ1n) is 12.6. The number of likely N-dealkylation sites (N-methyl/N-ethyl adjacent to an activating group) is 1. The van der Waals surface area contributed by atoms with Crippen molar-refractivity contribution in [3.05, 3.63) is 57.0 Å². The molecule has 4 rings (SSSR count). The summed E-state index contributed by atoms with van der Waals surface area (Å²) in [4.78, 5) is 30.2. The Labute approximate surface area is 233 Å². The van der Waals surface area contributed by atoms with Crippen molar-refractivity contribution in [1.29, 1.82) is 0 Å². The van der Waals surface area contributed by atoms with Crippen LogP contribution in [0.5, 0.6) is 0 Å². The van der Waals surface area contributed by atoms with E-state index >= 15 is 0 Å². The molecule has 0 spiro atoms. The Balaban J connectivity index is 1.34. The quantitative estimate of drug-likeness (QED) is 0.429. The fourth-order valence-corrected chi connectivity index (χ4v) is 6.04. The van der Waals surface area contributed by atoms with Gasteiger partial charge in [-0.3, -0.25) is 14.5 Å². The van der Waals surface area contributed by atoms with Crippen LogP contribution in [0.4, 0.5) is 11.4 Å². The predicted molar refractivity (Wildman–Crippen MR) is 150 cm³/mol. The number of anilines is 2. The fourth-order valence-electron chi connectivity index (χ4n) is 5.30. The molecule has 2 aromatic rings. The van der Waals surface area contributed by atoms with Crippen molar-refractivity contribution in [2.75, 3.05) is 50.0 Å². The number of benzene rings is 2. The van der Waals surface area contributed by atoms with Gasteiger partial charge in [0.1, 0.15) is 0 Å². The average Bonchev–Trinajstić information content (AvgIpc) is 3.32. The molecule has 2 unspecified atom stereocenters. The lowest BCUT2D eigenvalue weighted by molar-refractivity contribution is -0.138. The van der Waals surface area contributed by atoms with Crippen molar-refractivity contribution in [2.45, 2.75) is 38.3 Å². The molecule has 0 saturated carbocycles. The zero-order valence-corrected chi connectivity index (χ0v) is 23.4. The van der Waals surface area contributed by atoms with Gasteiger partial charge in [-0.15, -0.1) is 0 Å². The second-order valence-electron chi connectivity index (χ2n) is 9.98. The summed E-state index contributed by atoms with van der Waals surface area (Å²) in [5, 5.41) is 14.3. The highest BCUT2D eigenvalue weighted by molar-refractivity contribution is 6.35. The van der Waals surface area contributed by atoms with E-state index in [2.05, 4.69) is 10.2 Å². The van der Waals surface area contributed by atoms with Crippen LogP contribution in [0.15, 0.2) is 36.4 Å². The van der Waals surface area contributed by atoms with Crippen molar-refractivity contribution in [3.8, 4) is 0 Å². The van der Waals surface area contributed by atoms with E-state index in [4.69, 9.17) is 39.9 Å². The molecule has 2 aliphatic heterocycles. The van der Waals surface area contributed by atoms with Crippen LogP contribution in [0.3, 0.4) is 0 Å². The molecule has 2 aromatic carbocycles. The number of nitrogens with one attached hydrogen (secondary N) is 1. The van der Waals surface area contributed by atoms with E-state index in [1.165, 1.54) is 0 Å². The number of halogens is 3. The van der Waals surface area contributed by atoms with Gasteiger partial charge in [0, 0.05) is 60.9 Å². The number of carboxylic acid groups (broad SMARTS) is 1. The Hall–Kier alpha value is -2.19. The predicted octanol–water partition coefficient (Wildman–Crippen LogP) is 5.65. The van der Waals surface area contributed by atoms with Gasteiger partial charge in [0.15, 0.2) is 0 Å². The third-order valence-corrected chi connectivity index (χ3v) is 8.35. The molecule has 37 heavy (non-hydrogen) atoms. The Bertz CT molecular complexity index is 1140. The molecule has 0 bridgehead atoms. The summed E-state index contributed by atoms with van der Waals surface area (Å²) < 4.78 is 0. The zero-order valence-electron chi connectivity index (χ0n) is 21.1. The number of hydrogen-bond acceptors (Lipinski definition) is 5. The molecule has 2 aliphatic rings. The van der Waals surface area contributed by atoms with E-state index in [0.717, 1.165) is 49.3 Å². The van der Waals surface area contributed by atoms with Gasteiger partial charge < -0.3 is 20.2 Å². The van der Waals surface area contributed by atoms with Crippen molar-refractivity contribution in [2.24, 2.45) is 5.92 Å². The van der Waals surface area contributed by atoms with E-state index in [0.29, 0.717) is 28.2 Å². The number of piperidine rings is 1. The molecule has 2 saturated heterocycles. The van der Waals surface area contributed by atoms with Crippen LogP contribution in [0.1, 0.15) is 37.8 Å². The maximum Gasteiger partial charge on any atom is 0.317 e. The summed E-state index contributed by atoms with van der Waals surface area (Å²) in [7, 11) is 1.86. The molecule has 2 N–H and O–H groups in total. The molecule has 2 fully saturated rings. The Morgan fingerprint density at radius 3 is 2.46 bits per heavy atom. The summed E-state index contributed by atoms with van der Waals surface area (Å²) in [6.45, 7) is 4.94. The Morgan fingerprint density at radius 2 is 1.78 bits per heavy atom. The summed E-state index contributed by atoms with van der Waals surface area (Å²) in [6.07, 6.45) is 2.36. The zero-order chi connectivity index (χ0) is 26.7. The normalized spacial score (nSPS) is 19.6. The third kappa shape index (κ3) is 6.82. The highest BCUT2D eigenvalue weighted by atomic mass is 35.5. The lowest BCUT2D eigenvalue weighted by Gasteiger charge is -2.36. The number of nitrogens with zero attached hydrogens (tertiary/aromatic N) is 3. The SMILES string of the molecule is CC(Nc1cc(N2CCC(C(=O)N(C)C3CCN(CC(=O)O)C3)CC2)ccc1Cl)c1ccc(Cl)cc1Cl. The summed E-state index contributed by atoms with van der Waals surface area (Å²) in [5.41, 5.74) is 2.81. The summed E-state index contributed by atoms with van der Waals surface area (Å²) in [5.74, 6) is -0.688. The topological polar surface area (TPSA) is 76.1 Å². The van der Waals surface area contributed by atoms with Crippen LogP contribution < -0.4 is 10.2 Å². The molecular formula is C27H33Cl3N4O3. The van der Waals surface area contributed by atoms with E-state index in [-0.39, 0.29) is 30.5 Å². The fraction of sp³-hybridized carbons (Fsp3) is 0.481. The average molecular weight is 568 g/mol. The minimum absolute atomic E-state index is 0.0215. The van der Waals surface area contributed by atoms with E-state index in [1.54, 1.807) is 6.07 Å². The van der Waals surface area contributed by atoms with Crippen molar-refractivity contribution in [3.63, 3.8) is 0 Å².